The second-order valence-electron chi connectivity index (χ2n) is 12.0. The molecule has 4 rings (SSSR count). The Kier molecular flexibility index (Phi) is 9.70. The molecule has 2 fully saturated rings. The predicted octanol–water partition coefficient (Wildman–Crippen LogP) is 7.74. The van der Waals surface area contributed by atoms with Crippen LogP contribution >= 0.6 is 0 Å². The average molecular weight is 640 g/mol. The molecule has 1 unspecified atom stereocenters. The molecule has 2 aliphatic rings. The zero-order valence-corrected chi connectivity index (χ0v) is 25.8. The number of alkyl halides is 6. The molecule has 0 aromatic heterocycles. The Morgan fingerprint density at radius 2 is 1.64 bits per heavy atom. The summed E-state index contributed by atoms with van der Waals surface area (Å²) >= 11 is 0. The molecule has 0 radical (unpaired) electrons. The number of hydrogen-bond donors (Lipinski definition) is 1. The number of aliphatic hydroxyl groups excluding tert-OH is 1. The van der Waals surface area contributed by atoms with Gasteiger partial charge in [0.1, 0.15) is 12.0 Å². The van der Waals surface area contributed by atoms with Crippen LogP contribution in [0.15, 0.2) is 61.7 Å². The number of urea groups is 1. The predicted molar refractivity (Wildman–Crippen MR) is 158 cm³/mol. The van der Waals surface area contributed by atoms with Gasteiger partial charge in [0.15, 0.2) is 0 Å². The van der Waals surface area contributed by atoms with E-state index >= 15 is 0 Å². The van der Waals surface area contributed by atoms with E-state index in [1.54, 1.807) is 23.1 Å². The van der Waals surface area contributed by atoms with E-state index in [1.165, 1.54) is 26.0 Å². The number of halogens is 6. The van der Waals surface area contributed by atoms with Crippen LogP contribution in [0.2, 0.25) is 0 Å². The highest BCUT2D eigenvalue weighted by molar-refractivity contribution is 5.76. The first-order chi connectivity index (χ1) is 21.0. The maximum atomic E-state index is 14.2. The van der Waals surface area contributed by atoms with E-state index in [0.717, 1.165) is 11.1 Å². The summed E-state index contributed by atoms with van der Waals surface area (Å²) in [5.41, 5.74) is -2.17. The number of carbonyl (C=O) groups excluding carboxylic acids is 1. The van der Waals surface area contributed by atoms with Crippen molar-refractivity contribution >= 4 is 6.03 Å². The molecule has 6 nitrogen and oxygen atoms in total. The third kappa shape index (κ3) is 6.58. The molecule has 0 bridgehead atoms. The highest BCUT2D eigenvalue weighted by Gasteiger charge is 2.56. The second-order valence-corrected chi connectivity index (χ2v) is 12.0. The molecule has 0 aliphatic carbocycles. The molecule has 2 aliphatic heterocycles. The van der Waals surface area contributed by atoms with Crippen molar-refractivity contribution in [3.63, 3.8) is 0 Å². The van der Waals surface area contributed by atoms with Gasteiger partial charge in [0.05, 0.1) is 30.3 Å². The van der Waals surface area contributed by atoms with Crippen LogP contribution in [0.25, 0.3) is 0 Å². The van der Waals surface area contributed by atoms with Gasteiger partial charge in [-0.2, -0.15) is 26.3 Å². The van der Waals surface area contributed by atoms with Crippen molar-refractivity contribution in [1.29, 1.82) is 0 Å². The molecule has 2 aromatic carbocycles. The van der Waals surface area contributed by atoms with Gasteiger partial charge in [-0.3, -0.25) is 4.90 Å². The standard InChI is InChI=1S/C33H39F6N3O3/c1-7-11-31(12-8-2)19-27-28(26-10-9-25(45-6)15-20(26)3)42(14-13-41(27)29(31)43)30(44)40(5)21(4)22-16-23(32(34,35)36)18-24(17-22)33(37,38)39/h7-10,15-18,21,27-29,43H,1-2,11-14,19H2,3-6H3/t21-,27+,28+,29?/m1/s1. The lowest BCUT2D eigenvalue weighted by Crippen LogP contribution is -2.58. The smallest absolute Gasteiger partial charge is 0.416 e. The number of carbonyl (C=O) groups is 1. The van der Waals surface area contributed by atoms with E-state index in [2.05, 4.69) is 13.2 Å². The number of rotatable bonds is 8. The maximum absolute atomic E-state index is 14.2. The minimum absolute atomic E-state index is 0.0733. The summed E-state index contributed by atoms with van der Waals surface area (Å²) in [5, 5.41) is 11.6. The van der Waals surface area contributed by atoms with Crippen LogP contribution in [0.1, 0.15) is 66.1 Å². The number of hydrogen-bond acceptors (Lipinski definition) is 4. The van der Waals surface area contributed by atoms with Gasteiger partial charge in [-0.05, 0) is 80.1 Å². The summed E-state index contributed by atoms with van der Waals surface area (Å²) in [4.78, 5) is 19.0. The Morgan fingerprint density at radius 1 is 1.07 bits per heavy atom. The molecule has 4 atom stereocenters. The normalized spacial score (nSPS) is 22.5. The summed E-state index contributed by atoms with van der Waals surface area (Å²) < 4.78 is 87.0. The van der Waals surface area contributed by atoms with Gasteiger partial charge in [0.2, 0.25) is 0 Å². The summed E-state index contributed by atoms with van der Waals surface area (Å²) in [7, 11) is 2.90. The Morgan fingerprint density at radius 3 is 2.13 bits per heavy atom. The van der Waals surface area contributed by atoms with Crippen molar-refractivity contribution in [3.8, 4) is 5.75 Å². The Balaban J connectivity index is 1.77. The van der Waals surface area contributed by atoms with Crippen LogP contribution in [-0.4, -0.2) is 65.4 Å². The van der Waals surface area contributed by atoms with Crippen LogP contribution < -0.4 is 4.74 Å². The number of ether oxygens (including phenoxy) is 1. The van der Waals surface area contributed by atoms with E-state index in [9.17, 15) is 36.2 Å². The first-order valence-corrected chi connectivity index (χ1v) is 14.6. The summed E-state index contributed by atoms with van der Waals surface area (Å²) in [6.45, 7) is 11.5. The summed E-state index contributed by atoms with van der Waals surface area (Å²) in [6, 6.07) is 4.19. The van der Waals surface area contributed by atoms with E-state index in [-0.39, 0.29) is 24.2 Å². The molecule has 45 heavy (non-hydrogen) atoms. The molecule has 2 saturated heterocycles. The summed E-state index contributed by atoms with van der Waals surface area (Å²) in [5.74, 6) is 0.608. The number of fused-ring (bicyclic) bond motifs is 1. The molecule has 12 heteroatoms. The highest BCUT2D eigenvalue weighted by atomic mass is 19.4. The average Bonchev–Trinajstić information content (AvgIpc) is 3.25. The first kappa shape index (κ1) is 34.4. The molecule has 2 aromatic rings. The minimum Gasteiger partial charge on any atom is -0.497 e. The Labute approximate surface area is 259 Å². The van der Waals surface area contributed by atoms with Crippen molar-refractivity contribution in [2.45, 2.75) is 69.8 Å². The number of benzene rings is 2. The van der Waals surface area contributed by atoms with Crippen molar-refractivity contribution in [2.75, 3.05) is 27.2 Å². The minimum atomic E-state index is -5.02. The topological polar surface area (TPSA) is 56.2 Å². The highest BCUT2D eigenvalue weighted by Crippen LogP contribution is 2.52. The monoisotopic (exact) mass is 639 g/mol. The van der Waals surface area contributed by atoms with Crippen LogP contribution in [0.4, 0.5) is 31.1 Å². The number of amides is 2. The summed E-state index contributed by atoms with van der Waals surface area (Å²) in [6.07, 6.45) is -5.88. The SMILES string of the molecule is C=CCC1(CC=C)C[C@H]2[C@H](c3ccc(OC)cc3C)N(C(=O)N(C)[C@H](C)c3cc(C(F)(F)F)cc(C(F)(F)F)c3)CCN2C1O. The van der Waals surface area contributed by atoms with E-state index in [1.807, 2.05) is 24.0 Å². The quantitative estimate of drug-likeness (QED) is 0.237. The van der Waals surface area contributed by atoms with Crippen molar-refractivity contribution in [1.82, 2.24) is 14.7 Å². The maximum Gasteiger partial charge on any atom is 0.416 e. The van der Waals surface area contributed by atoms with Crippen LogP contribution in [0.5, 0.6) is 5.75 Å². The molecular formula is C33H39F6N3O3. The van der Waals surface area contributed by atoms with Crippen LogP contribution in [0, 0.1) is 12.3 Å². The van der Waals surface area contributed by atoms with Gasteiger partial charge >= 0.3 is 18.4 Å². The molecule has 0 spiro atoms. The number of allylic oxidation sites excluding steroid dienone is 2. The van der Waals surface area contributed by atoms with Gasteiger partial charge in [0, 0.05) is 31.6 Å². The van der Waals surface area contributed by atoms with E-state index in [0.29, 0.717) is 43.7 Å². The number of methoxy groups -OCH3 is 1. The largest absolute Gasteiger partial charge is 0.497 e. The number of aryl methyl sites for hydroxylation is 1. The molecule has 2 amide bonds. The van der Waals surface area contributed by atoms with E-state index in [4.69, 9.17) is 4.74 Å². The second kappa shape index (κ2) is 12.7. The number of aliphatic hydroxyl groups is 1. The van der Waals surface area contributed by atoms with Gasteiger partial charge in [-0.1, -0.05) is 18.2 Å². The molecule has 246 valence electrons. The van der Waals surface area contributed by atoms with Crippen molar-refractivity contribution in [2.24, 2.45) is 5.41 Å². The molecule has 1 N–H and O–H groups in total. The van der Waals surface area contributed by atoms with Gasteiger partial charge < -0.3 is 19.6 Å². The van der Waals surface area contributed by atoms with Gasteiger partial charge in [0.25, 0.3) is 0 Å². The fourth-order valence-electron chi connectivity index (χ4n) is 6.87. The fourth-order valence-corrected chi connectivity index (χ4v) is 6.87. The fraction of sp³-hybridized carbons (Fsp3) is 0.485. The first-order valence-electron chi connectivity index (χ1n) is 14.6. The van der Waals surface area contributed by atoms with Crippen LogP contribution in [0.3, 0.4) is 0 Å². The lowest BCUT2D eigenvalue weighted by molar-refractivity contribution is -0.143. The third-order valence-corrected chi connectivity index (χ3v) is 9.32. The molecule has 0 saturated carbocycles. The number of piperazine rings is 1. The lowest BCUT2D eigenvalue weighted by Gasteiger charge is -2.47. The Bertz CT molecular complexity index is 1380. The lowest BCUT2D eigenvalue weighted by atomic mass is 9.76. The van der Waals surface area contributed by atoms with Gasteiger partial charge in [-0.25, -0.2) is 4.79 Å². The van der Waals surface area contributed by atoms with Crippen molar-refractivity contribution in [3.05, 3.63) is 89.5 Å². The van der Waals surface area contributed by atoms with Gasteiger partial charge in [-0.15, -0.1) is 13.2 Å². The zero-order chi connectivity index (χ0) is 33.5. The molecule has 2 heterocycles. The third-order valence-electron chi connectivity index (χ3n) is 9.32. The Hall–Kier alpha value is -3.51. The molecular weight excluding hydrogens is 600 g/mol. The van der Waals surface area contributed by atoms with E-state index < -0.39 is 53.2 Å². The number of nitrogens with zero attached hydrogens (tertiary/aromatic N) is 3. The van der Waals surface area contributed by atoms with Crippen molar-refractivity contribution < 1.29 is 41.0 Å². The van der Waals surface area contributed by atoms with Crippen LogP contribution in [-0.2, 0) is 12.4 Å². The zero-order valence-electron chi connectivity index (χ0n) is 25.8.